The molecule has 0 spiro atoms. The lowest BCUT2D eigenvalue weighted by molar-refractivity contribution is 0.289. The summed E-state index contributed by atoms with van der Waals surface area (Å²) in [6, 6.07) is 0. The van der Waals surface area contributed by atoms with Gasteiger partial charge in [-0.15, -0.1) is 6.42 Å². The molecule has 0 heterocycles. The lowest BCUT2D eigenvalue weighted by Crippen LogP contribution is -1.96. The van der Waals surface area contributed by atoms with E-state index in [0.29, 0.717) is 0 Å². The first kappa shape index (κ1) is 17.1. The molecule has 1 N–H and O–H groups in total. The van der Waals surface area contributed by atoms with Crippen LogP contribution in [0.1, 0.15) is 77.6 Å². The molecule has 0 aromatic carbocycles. The summed E-state index contributed by atoms with van der Waals surface area (Å²) in [5.74, 6) is 7.74. The summed E-state index contributed by atoms with van der Waals surface area (Å²) in [6.45, 7) is 2.26. The Morgan fingerprint density at radius 3 is 1.89 bits per heavy atom. The summed E-state index contributed by atoms with van der Waals surface area (Å²) in [6.07, 6.45) is 18.3. The van der Waals surface area contributed by atoms with Gasteiger partial charge in [0.1, 0.15) is 0 Å². The third kappa shape index (κ3) is 13.1. The van der Waals surface area contributed by atoms with E-state index in [4.69, 9.17) is 11.5 Å². The Hall–Kier alpha value is -0.920. The first-order chi connectivity index (χ1) is 8.81. The van der Waals surface area contributed by atoms with Gasteiger partial charge in [-0.05, 0) is 6.42 Å². The summed E-state index contributed by atoms with van der Waals surface area (Å²) in [5.41, 5.74) is 0. The number of terminal acetylenes is 1. The molecule has 0 saturated heterocycles. The molecule has 0 aliphatic rings. The molecule has 102 valence electrons. The minimum absolute atomic E-state index is 0.856. The zero-order valence-corrected chi connectivity index (χ0v) is 11.9. The van der Waals surface area contributed by atoms with Crippen molar-refractivity contribution in [2.24, 2.45) is 0 Å². The van der Waals surface area contributed by atoms with Crippen LogP contribution in [0, 0.1) is 24.2 Å². The van der Waals surface area contributed by atoms with E-state index >= 15 is 0 Å². The van der Waals surface area contributed by atoms with E-state index in [-0.39, 0.29) is 0 Å². The summed E-state index contributed by atoms with van der Waals surface area (Å²) < 4.78 is 0. The van der Waals surface area contributed by atoms with Gasteiger partial charge in [0, 0.05) is 6.42 Å². The quantitative estimate of drug-likeness (QED) is 0.451. The molecule has 1 heteroatoms. The monoisotopic (exact) mass is 248 g/mol. The van der Waals surface area contributed by atoms with Crippen LogP contribution in [0.15, 0.2) is 0 Å². The van der Waals surface area contributed by atoms with Crippen molar-refractivity contribution in [1.82, 2.24) is 0 Å². The van der Waals surface area contributed by atoms with Gasteiger partial charge < -0.3 is 5.11 Å². The van der Waals surface area contributed by atoms with Crippen molar-refractivity contribution in [2.45, 2.75) is 83.7 Å². The van der Waals surface area contributed by atoms with Crippen molar-refractivity contribution < 1.29 is 5.11 Å². The van der Waals surface area contributed by atoms with Crippen LogP contribution in [0.25, 0.3) is 0 Å². The Balaban J connectivity index is 3.12. The number of unbranched alkanes of at least 4 members (excludes halogenated alkanes) is 10. The summed E-state index contributed by atoms with van der Waals surface area (Å²) in [4.78, 5) is 0. The van der Waals surface area contributed by atoms with E-state index in [1.807, 2.05) is 0 Å². The van der Waals surface area contributed by atoms with Crippen LogP contribution >= 0.6 is 0 Å². The largest absolute Gasteiger partial charge is 0.369 e. The second-order valence-electron chi connectivity index (χ2n) is 4.82. The van der Waals surface area contributed by atoms with Crippen LogP contribution in [0.4, 0.5) is 0 Å². The number of aliphatic hydroxyl groups excluding tert-OH is 1. The predicted molar refractivity (Wildman–Crippen MR) is 79.1 cm³/mol. The van der Waals surface area contributed by atoms with Crippen molar-refractivity contribution >= 4 is 0 Å². The fourth-order valence-electron chi connectivity index (χ4n) is 1.91. The van der Waals surface area contributed by atoms with Gasteiger partial charge in [-0.2, -0.15) is 0 Å². The first-order valence-corrected chi connectivity index (χ1v) is 7.43. The molecule has 0 aliphatic carbocycles. The van der Waals surface area contributed by atoms with Gasteiger partial charge in [0.05, 0.1) is 0 Å². The van der Waals surface area contributed by atoms with Gasteiger partial charge in [-0.1, -0.05) is 82.5 Å². The third-order valence-electron chi connectivity index (χ3n) is 3.05. The van der Waals surface area contributed by atoms with Crippen LogP contribution in [0.5, 0.6) is 0 Å². The SMILES string of the molecule is C#CC(O)C#CCCCCCCCCCCCC. The lowest BCUT2D eigenvalue weighted by atomic mass is 10.1. The maximum absolute atomic E-state index is 9.01. The van der Waals surface area contributed by atoms with E-state index in [0.717, 1.165) is 12.8 Å². The average molecular weight is 248 g/mol. The Morgan fingerprint density at radius 1 is 0.889 bits per heavy atom. The van der Waals surface area contributed by atoms with Gasteiger partial charge in [0.25, 0.3) is 0 Å². The van der Waals surface area contributed by atoms with Gasteiger partial charge in [-0.25, -0.2) is 0 Å². The molecule has 18 heavy (non-hydrogen) atoms. The molecule has 1 unspecified atom stereocenters. The lowest BCUT2D eigenvalue weighted by Gasteiger charge is -2.00. The smallest absolute Gasteiger partial charge is 0.176 e. The molecule has 0 fully saturated rings. The molecule has 0 rings (SSSR count). The van der Waals surface area contributed by atoms with Crippen molar-refractivity contribution in [3.8, 4) is 24.2 Å². The van der Waals surface area contributed by atoms with E-state index < -0.39 is 6.10 Å². The summed E-state index contributed by atoms with van der Waals surface area (Å²) in [5, 5.41) is 9.01. The molecular weight excluding hydrogens is 220 g/mol. The number of rotatable bonds is 10. The molecule has 0 saturated carbocycles. The second-order valence-corrected chi connectivity index (χ2v) is 4.82. The first-order valence-electron chi connectivity index (χ1n) is 7.43. The average Bonchev–Trinajstić information content (AvgIpc) is 2.39. The third-order valence-corrected chi connectivity index (χ3v) is 3.05. The fraction of sp³-hybridized carbons (Fsp3) is 0.765. The highest BCUT2D eigenvalue weighted by Gasteiger charge is 1.92. The summed E-state index contributed by atoms with van der Waals surface area (Å²) >= 11 is 0. The van der Waals surface area contributed by atoms with E-state index in [1.54, 1.807) is 0 Å². The normalized spacial score (nSPS) is 11.4. The Morgan fingerprint density at radius 2 is 1.39 bits per heavy atom. The minimum Gasteiger partial charge on any atom is -0.369 e. The van der Waals surface area contributed by atoms with Crippen LogP contribution in [0.2, 0.25) is 0 Å². The molecule has 0 aromatic heterocycles. The van der Waals surface area contributed by atoms with Gasteiger partial charge in [-0.3, -0.25) is 0 Å². The number of hydrogen-bond donors (Lipinski definition) is 1. The molecule has 0 aliphatic heterocycles. The number of hydrogen-bond acceptors (Lipinski definition) is 1. The zero-order chi connectivity index (χ0) is 13.5. The maximum Gasteiger partial charge on any atom is 0.176 e. The van der Waals surface area contributed by atoms with Crippen molar-refractivity contribution in [1.29, 1.82) is 0 Å². The van der Waals surface area contributed by atoms with Crippen molar-refractivity contribution in [2.75, 3.05) is 0 Å². The zero-order valence-electron chi connectivity index (χ0n) is 11.9. The highest BCUT2D eigenvalue weighted by molar-refractivity contribution is 5.15. The highest BCUT2D eigenvalue weighted by Crippen LogP contribution is 2.10. The number of aliphatic hydroxyl groups is 1. The van der Waals surface area contributed by atoms with Crippen LogP contribution < -0.4 is 0 Å². The molecule has 0 aromatic rings. The van der Waals surface area contributed by atoms with Crippen LogP contribution in [0.3, 0.4) is 0 Å². The fourth-order valence-corrected chi connectivity index (χ4v) is 1.91. The molecule has 0 amide bonds. The molecule has 0 radical (unpaired) electrons. The van der Waals surface area contributed by atoms with Gasteiger partial charge >= 0.3 is 0 Å². The molecule has 0 bridgehead atoms. The molecule has 1 atom stereocenters. The van der Waals surface area contributed by atoms with Crippen LogP contribution in [-0.4, -0.2) is 11.2 Å². The topological polar surface area (TPSA) is 20.2 Å². The van der Waals surface area contributed by atoms with Crippen molar-refractivity contribution in [3.05, 3.63) is 0 Å². The van der Waals surface area contributed by atoms with E-state index in [2.05, 4.69) is 24.7 Å². The van der Waals surface area contributed by atoms with Gasteiger partial charge in [0.15, 0.2) is 6.10 Å². The molecular formula is C17H28O. The Labute approximate surface area is 113 Å². The van der Waals surface area contributed by atoms with Gasteiger partial charge in [0.2, 0.25) is 0 Å². The second kappa shape index (κ2) is 14.1. The summed E-state index contributed by atoms with van der Waals surface area (Å²) in [7, 11) is 0. The molecule has 1 nitrogen and oxygen atoms in total. The van der Waals surface area contributed by atoms with Crippen LogP contribution in [-0.2, 0) is 0 Å². The standard InChI is InChI=1S/C17H28O/c1-3-5-6-7-8-9-10-11-12-13-14-15-16-17(18)4-2/h2,17-18H,3,5-14H2,1H3. The predicted octanol–water partition coefficient (Wildman–Crippen LogP) is 4.29. The maximum atomic E-state index is 9.01. The van der Waals surface area contributed by atoms with E-state index in [9.17, 15) is 0 Å². The van der Waals surface area contributed by atoms with Crippen molar-refractivity contribution in [3.63, 3.8) is 0 Å². The Kier molecular flexibility index (Phi) is 13.4. The highest BCUT2D eigenvalue weighted by atomic mass is 16.3. The van der Waals surface area contributed by atoms with E-state index in [1.165, 1.54) is 57.8 Å². The minimum atomic E-state index is -0.881. The Bertz CT molecular complexity index is 264.